The maximum atomic E-state index is 12.5. The molecule has 0 amide bonds. The van der Waals surface area contributed by atoms with Crippen LogP contribution < -0.4 is 10.5 Å². The van der Waals surface area contributed by atoms with Gasteiger partial charge in [0.1, 0.15) is 0 Å². The number of rotatable bonds is 4. The normalized spacial score (nSPS) is 23.8. The van der Waals surface area contributed by atoms with Gasteiger partial charge in [-0.3, -0.25) is 0 Å². The van der Waals surface area contributed by atoms with Gasteiger partial charge in [0.25, 0.3) is 0 Å². The van der Waals surface area contributed by atoms with Gasteiger partial charge >= 0.3 is 0 Å². The largest absolute Gasteiger partial charge is 0.326 e. The second kappa shape index (κ2) is 6.24. The minimum Gasteiger partial charge on any atom is -0.326 e. The second-order valence-corrected chi connectivity index (χ2v) is 7.50. The zero-order valence-electron chi connectivity index (χ0n) is 12.2. The Kier molecular flexibility index (Phi) is 4.83. The fourth-order valence-electron chi connectivity index (χ4n) is 2.79. The fraction of sp³-hybridized carbons (Fsp3) is 0.600. The van der Waals surface area contributed by atoms with Crippen molar-refractivity contribution >= 4 is 10.0 Å². The van der Waals surface area contributed by atoms with E-state index in [2.05, 4.69) is 11.6 Å². The molecule has 0 aliphatic heterocycles. The molecule has 0 radical (unpaired) electrons. The van der Waals surface area contributed by atoms with E-state index < -0.39 is 10.0 Å². The summed E-state index contributed by atoms with van der Waals surface area (Å²) in [6.07, 6.45) is 4.31. The van der Waals surface area contributed by atoms with E-state index in [0.29, 0.717) is 17.4 Å². The molecule has 112 valence electrons. The minimum absolute atomic E-state index is 0.0522. The number of hydrogen-bond donors (Lipinski definition) is 2. The van der Waals surface area contributed by atoms with Crippen molar-refractivity contribution in [1.82, 2.24) is 4.72 Å². The Morgan fingerprint density at radius 1 is 1.30 bits per heavy atom. The van der Waals surface area contributed by atoms with Gasteiger partial charge in [0.15, 0.2) is 0 Å². The van der Waals surface area contributed by atoms with E-state index >= 15 is 0 Å². The number of hydrogen-bond acceptors (Lipinski definition) is 3. The van der Waals surface area contributed by atoms with Crippen LogP contribution in [-0.4, -0.2) is 14.5 Å². The summed E-state index contributed by atoms with van der Waals surface area (Å²) in [4.78, 5) is 0.321. The zero-order valence-corrected chi connectivity index (χ0v) is 13.0. The van der Waals surface area contributed by atoms with Gasteiger partial charge in [-0.15, -0.1) is 0 Å². The average Bonchev–Trinajstić information content (AvgIpc) is 2.41. The van der Waals surface area contributed by atoms with Crippen molar-refractivity contribution in [2.45, 2.75) is 57.0 Å². The first-order chi connectivity index (χ1) is 9.44. The number of benzene rings is 1. The summed E-state index contributed by atoms with van der Waals surface area (Å²) in [5.74, 6) is 0.401. The first kappa shape index (κ1) is 15.5. The standard InChI is InChI=1S/C15H24N2O2S/c1-11-7-8-14(9-13(11)10-16)20(18,19)17-15-6-4-3-5-12(15)2/h7-9,12,15,17H,3-6,10,16H2,1-2H3. The Bertz CT molecular complexity index is 569. The van der Waals surface area contributed by atoms with Crippen molar-refractivity contribution in [2.24, 2.45) is 11.7 Å². The van der Waals surface area contributed by atoms with E-state index in [9.17, 15) is 8.42 Å². The second-order valence-electron chi connectivity index (χ2n) is 5.78. The molecule has 0 aromatic heterocycles. The van der Waals surface area contributed by atoms with Crippen LogP contribution in [0.5, 0.6) is 0 Å². The third kappa shape index (κ3) is 3.40. The van der Waals surface area contributed by atoms with Gasteiger partial charge in [0.05, 0.1) is 4.90 Å². The molecule has 1 fully saturated rings. The molecule has 2 rings (SSSR count). The van der Waals surface area contributed by atoms with Crippen molar-refractivity contribution in [2.75, 3.05) is 0 Å². The third-order valence-corrected chi connectivity index (χ3v) is 5.76. The summed E-state index contributed by atoms with van der Waals surface area (Å²) in [5, 5.41) is 0. The molecule has 5 heteroatoms. The van der Waals surface area contributed by atoms with Crippen LogP contribution in [0, 0.1) is 12.8 Å². The minimum atomic E-state index is -3.45. The Hall–Kier alpha value is -0.910. The zero-order chi connectivity index (χ0) is 14.8. The van der Waals surface area contributed by atoms with E-state index in [1.165, 1.54) is 6.42 Å². The molecule has 1 aliphatic rings. The molecule has 4 nitrogen and oxygen atoms in total. The van der Waals surface area contributed by atoms with Crippen LogP contribution in [0.3, 0.4) is 0 Å². The summed E-state index contributed by atoms with van der Waals surface area (Å²) in [5.41, 5.74) is 7.56. The topological polar surface area (TPSA) is 72.2 Å². The monoisotopic (exact) mass is 296 g/mol. The van der Waals surface area contributed by atoms with E-state index in [1.54, 1.807) is 12.1 Å². The molecule has 1 aliphatic carbocycles. The predicted octanol–water partition coefficient (Wildman–Crippen LogP) is 2.31. The number of sulfonamides is 1. The lowest BCUT2D eigenvalue weighted by Crippen LogP contribution is -2.41. The molecule has 2 atom stereocenters. The molecular formula is C15H24N2O2S. The smallest absolute Gasteiger partial charge is 0.240 e. The first-order valence-electron chi connectivity index (χ1n) is 7.26. The summed E-state index contributed by atoms with van der Waals surface area (Å²) in [7, 11) is -3.45. The van der Waals surface area contributed by atoms with Crippen molar-refractivity contribution in [3.05, 3.63) is 29.3 Å². The van der Waals surface area contributed by atoms with Gasteiger partial charge in [-0.05, 0) is 48.9 Å². The molecule has 0 heterocycles. The average molecular weight is 296 g/mol. The number of nitrogens with one attached hydrogen (secondary N) is 1. The lowest BCUT2D eigenvalue weighted by molar-refractivity contribution is 0.310. The van der Waals surface area contributed by atoms with Gasteiger partial charge in [-0.2, -0.15) is 0 Å². The van der Waals surface area contributed by atoms with Crippen LogP contribution >= 0.6 is 0 Å². The fourth-order valence-corrected chi connectivity index (χ4v) is 4.22. The van der Waals surface area contributed by atoms with Crippen LogP contribution in [-0.2, 0) is 16.6 Å². The number of aryl methyl sites for hydroxylation is 1. The SMILES string of the molecule is Cc1ccc(S(=O)(=O)NC2CCCCC2C)cc1CN. The van der Waals surface area contributed by atoms with Crippen LogP contribution in [0.25, 0.3) is 0 Å². The van der Waals surface area contributed by atoms with Gasteiger partial charge in [0.2, 0.25) is 10.0 Å². The van der Waals surface area contributed by atoms with E-state index in [0.717, 1.165) is 30.4 Å². The van der Waals surface area contributed by atoms with Gasteiger partial charge in [-0.25, -0.2) is 13.1 Å². The molecular weight excluding hydrogens is 272 g/mol. The third-order valence-electron chi connectivity index (χ3n) is 4.27. The molecule has 2 unspecified atom stereocenters. The Morgan fingerprint density at radius 3 is 2.65 bits per heavy atom. The summed E-state index contributed by atoms with van der Waals surface area (Å²) in [6.45, 7) is 4.41. The highest BCUT2D eigenvalue weighted by Crippen LogP contribution is 2.25. The molecule has 1 saturated carbocycles. The van der Waals surface area contributed by atoms with Crippen LogP contribution in [0.15, 0.2) is 23.1 Å². The van der Waals surface area contributed by atoms with Crippen molar-refractivity contribution in [3.8, 4) is 0 Å². The first-order valence-corrected chi connectivity index (χ1v) is 8.74. The molecule has 1 aromatic carbocycles. The van der Waals surface area contributed by atoms with Crippen molar-refractivity contribution in [1.29, 1.82) is 0 Å². The van der Waals surface area contributed by atoms with E-state index in [4.69, 9.17) is 5.73 Å². The summed E-state index contributed by atoms with van der Waals surface area (Å²) in [6, 6.07) is 5.22. The maximum Gasteiger partial charge on any atom is 0.240 e. The molecule has 0 saturated heterocycles. The van der Waals surface area contributed by atoms with E-state index in [1.807, 2.05) is 13.0 Å². The maximum absolute atomic E-state index is 12.5. The van der Waals surface area contributed by atoms with Crippen LogP contribution in [0.4, 0.5) is 0 Å². The molecule has 0 bridgehead atoms. The summed E-state index contributed by atoms with van der Waals surface area (Å²) >= 11 is 0. The number of nitrogens with two attached hydrogens (primary N) is 1. The van der Waals surface area contributed by atoms with E-state index in [-0.39, 0.29) is 6.04 Å². The molecule has 3 N–H and O–H groups in total. The van der Waals surface area contributed by atoms with Gasteiger partial charge in [0, 0.05) is 12.6 Å². The summed E-state index contributed by atoms with van der Waals surface area (Å²) < 4.78 is 27.8. The molecule has 1 aromatic rings. The van der Waals surface area contributed by atoms with Crippen LogP contribution in [0.2, 0.25) is 0 Å². The van der Waals surface area contributed by atoms with Crippen molar-refractivity contribution < 1.29 is 8.42 Å². The Balaban J connectivity index is 2.21. The lowest BCUT2D eigenvalue weighted by Gasteiger charge is -2.29. The Labute approximate surface area is 121 Å². The lowest BCUT2D eigenvalue weighted by atomic mass is 9.87. The highest BCUT2D eigenvalue weighted by atomic mass is 32.2. The van der Waals surface area contributed by atoms with Gasteiger partial charge < -0.3 is 5.73 Å². The Morgan fingerprint density at radius 2 is 2.00 bits per heavy atom. The highest BCUT2D eigenvalue weighted by Gasteiger charge is 2.26. The molecule has 0 spiro atoms. The highest BCUT2D eigenvalue weighted by molar-refractivity contribution is 7.89. The quantitative estimate of drug-likeness (QED) is 0.895. The van der Waals surface area contributed by atoms with Gasteiger partial charge in [-0.1, -0.05) is 25.8 Å². The van der Waals surface area contributed by atoms with Crippen LogP contribution in [0.1, 0.15) is 43.7 Å². The molecule has 20 heavy (non-hydrogen) atoms. The van der Waals surface area contributed by atoms with Crippen molar-refractivity contribution in [3.63, 3.8) is 0 Å². The predicted molar refractivity (Wildman–Crippen MR) is 80.8 cm³/mol.